The third-order valence-electron chi connectivity index (χ3n) is 3.89. The summed E-state index contributed by atoms with van der Waals surface area (Å²) in [7, 11) is 0. The predicted octanol–water partition coefficient (Wildman–Crippen LogP) is 3.32. The van der Waals surface area contributed by atoms with E-state index in [0.717, 1.165) is 10.9 Å². The van der Waals surface area contributed by atoms with Gasteiger partial charge in [-0.2, -0.15) is 5.10 Å². The highest BCUT2D eigenvalue weighted by molar-refractivity contribution is 6.06. The van der Waals surface area contributed by atoms with E-state index in [-0.39, 0.29) is 11.4 Å². The molecule has 0 saturated heterocycles. The van der Waals surface area contributed by atoms with Crippen LogP contribution >= 0.6 is 0 Å². The summed E-state index contributed by atoms with van der Waals surface area (Å²) in [6.07, 6.45) is 0. The van der Waals surface area contributed by atoms with Crippen molar-refractivity contribution < 1.29 is 10.0 Å². The van der Waals surface area contributed by atoms with Gasteiger partial charge in [-0.25, -0.2) is 0 Å². The second kappa shape index (κ2) is 4.81. The molecule has 2 aromatic carbocycles. The monoisotopic (exact) mass is 304 g/mol. The van der Waals surface area contributed by atoms with Crippen LogP contribution in [0.25, 0.3) is 33.3 Å². The van der Waals surface area contributed by atoms with Gasteiger partial charge in [0.1, 0.15) is 0 Å². The molecule has 0 fully saturated rings. The van der Waals surface area contributed by atoms with Crippen LogP contribution in [-0.2, 0) is 0 Å². The average Bonchev–Trinajstić information content (AvgIpc) is 2.88. The van der Waals surface area contributed by atoms with Gasteiger partial charge in [0.25, 0.3) is 5.69 Å². The second-order valence-corrected chi connectivity index (χ2v) is 5.22. The molecule has 1 N–H and O–H groups in total. The molecule has 0 unspecified atom stereocenters. The number of fused-ring (bicyclic) bond motifs is 3. The Balaban J connectivity index is 1.89. The highest BCUT2D eigenvalue weighted by atomic mass is 16.6. The van der Waals surface area contributed by atoms with Crippen molar-refractivity contribution in [2.24, 2.45) is 0 Å². The minimum atomic E-state index is -0.450. The molecule has 23 heavy (non-hydrogen) atoms. The van der Waals surface area contributed by atoms with E-state index in [0.29, 0.717) is 22.3 Å². The molecule has 1 aliphatic carbocycles. The number of nitrogens with zero attached hydrogens (tertiary/aromatic N) is 2. The average molecular weight is 304 g/mol. The van der Waals surface area contributed by atoms with E-state index >= 15 is 0 Å². The fourth-order valence-corrected chi connectivity index (χ4v) is 2.74. The number of benzene rings is 2. The molecule has 0 spiro atoms. The Morgan fingerprint density at radius 1 is 1.00 bits per heavy atom. The third-order valence-corrected chi connectivity index (χ3v) is 3.89. The van der Waals surface area contributed by atoms with Crippen molar-refractivity contribution in [3.05, 3.63) is 64.7 Å². The van der Waals surface area contributed by atoms with Crippen molar-refractivity contribution in [2.45, 2.75) is 0 Å². The van der Waals surface area contributed by atoms with Crippen LogP contribution < -0.4 is 5.11 Å². The largest absolute Gasteiger partial charge is 0.872 e. The minimum Gasteiger partial charge on any atom is -0.872 e. The summed E-state index contributed by atoms with van der Waals surface area (Å²) in [5, 5.41) is 31.9. The number of rotatable bonds is 2. The van der Waals surface area contributed by atoms with Crippen LogP contribution in [0.5, 0.6) is 5.75 Å². The fourth-order valence-electron chi connectivity index (χ4n) is 2.74. The Hall–Kier alpha value is -3.41. The van der Waals surface area contributed by atoms with Gasteiger partial charge in [-0.3, -0.25) is 15.2 Å². The normalized spacial score (nSPS) is 11.1. The van der Waals surface area contributed by atoms with Gasteiger partial charge in [0.05, 0.1) is 16.3 Å². The van der Waals surface area contributed by atoms with Crippen LogP contribution in [0, 0.1) is 10.1 Å². The molecular formula is C17H10N3O3-. The summed E-state index contributed by atoms with van der Waals surface area (Å²) in [5.41, 5.74) is 2.57. The van der Waals surface area contributed by atoms with Crippen molar-refractivity contribution in [1.82, 2.24) is 10.2 Å². The van der Waals surface area contributed by atoms with Crippen molar-refractivity contribution in [1.29, 1.82) is 0 Å². The maximum absolute atomic E-state index is 12.5. The summed E-state index contributed by atoms with van der Waals surface area (Å²) in [6, 6.07) is 15.2. The number of nitro groups is 1. The Bertz CT molecular complexity index is 1010. The Labute approximate surface area is 130 Å². The third kappa shape index (κ3) is 2.00. The molecule has 0 bridgehead atoms. The smallest absolute Gasteiger partial charge is 0.269 e. The lowest BCUT2D eigenvalue weighted by molar-refractivity contribution is -0.384. The summed E-state index contributed by atoms with van der Waals surface area (Å²) in [6.45, 7) is 0. The van der Waals surface area contributed by atoms with Crippen LogP contribution in [-0.4, -0.2) is 15.1 Å². The van der Waals surface area contributed by atoms with Gasteiger partial charge in [0.15, 0.2) is 0 Å². The first-order valence-electron chi connectivity index (χ1n) is 6.97. The van der Waals surface area contributed by atoms with Crippen molar-refractivity contribution in [3.63, 3.8) is 0 Å². The first kappa shape index (κ1) is 13.3. The zero-order valence-corrected chi connectivity index (χ0v) is 11.8. The quantitative estimate of drug-likeness (QED) is 0.454. The van der Waals surface area contributed by atoms with Crippen LogP contribution in [0.2, 0.25) is 0 Å². The number of aromatic amines is 1. The first-order chi connectivity index (χ1) is 11.1. The summed E-state index contributed by atoms with van der Waals surface area (Å²) in [4.78, 5) is 10.3. The van der Waals surface area contributed by atoms with Crippen LogP contribution in [0.3, 0.4) is 0 Å². The molecule has 6 nitrogen and oxygen atoms in total. The predicted molar refractivity (Wildman–Crippen MR) is 84.3 cm³/mol. The number of aromatic nitrogens is 2. The maximum Gasteiger partial charge on any atom is 0.269 e. The van der Waals surface area contributed by atoms with Gasteiger partial charge in [-0.1, -0.05) is 30.0 Å². The van der Waals surface area contributed by atoms with Crippen molar-refractivity contribution >= 4 is 16.5 Å². The molecule has 1 aliphatic heterocycles. The lowest BCUT2D eigenvalue weighted by Crippen LogP contribution is -1.95. The molecule has 1 heterocycles. The van der Waals surface area contributed by atoms with E-state index in [4.69, 9.17) is 0 Å². The maximum atomic E-state index is 12.5. The van der Waals surface area contributed by atoms with E-state index in [1.165, 1.54) is 12.1 Å². The molecule has 0 saturated carbocycles. The minimum absolute atomic E-state index is 0.0198. The first-order valence-corrected chi connectivity index (χ1v) is 6.97. The molecule has 0 atom stereocenters. The number of H-pyrrole nitrogens is 1. The van der Waals surface area contributed by atoms with Gasteiger partial charge in [0, 0.05) is 17.5 Å². The van der Waals surface area contributed by atoms with Crippen molar-refractivity contribution in [3.8, 4) is 28.3 Å². The number of hydrogen-bond acceptors (Lipinski definition) is 4. The van der Waals surface area contributed by atoms with E-state index in [1.807, 2.05) is 18.2 Å². The van der Waals surface area contributed by atoms with Gasteiger partial charge in [-0.05, 0) is 34.7 Å². The van der Waals surface area contributed by atoms with Gasteiger partial charge in [0.2, 0.25) is 0 Å². The topological polar surface area (TPSA) is 94.9 Å². The van der Waals surface area contributed by atoms with E-state index in [2.05, 4.69) is 10.2 Å². The van der Waals surface area contributed by atoms with Crippen LogP contribution in [0.1, 0.15) is 0 Å². The molecular weight excluding hydrogens is 294 g/mol. The molecule has 2 aliphatic rings. The summed E-state index contributed by atoms with van der Waals surface area (Å²) < 4.78 is 0. The number of nitrogens with one attached hydrogen (secondary N) is 1. The Morgan fingerprint density at radius 3 is 2.39 bits per heavy atom. The zero-order valence-electron chi connectivity index (χ0n) is 11.8. The summed E-state index contributed by atoms with van der Waals surface area (Å²) in [5.74, 6) is -0.0553. The lowest BCUT2D eigenvalue weighted by Gasteiger charge is -2.09. The van der Waals surface area contributed by atoms with Gasteiger partial charge < -0.3 is 5.11 Å². The molecule has 0 amide bonds. The van der Waals surface area contributed by atoms with E-state index in [1.54, 1.807) is 24.3 Å². The molecule has 112 valence electrons. The van der Waals surface area contributed by atoms with E-state index < -0.39 is 4.92 Å². The molecule has 6 heteroatoms. The summed E-state index contributed by atoms with van der Waals surface area (Å²) >= 11 is 0. The van der Waals surface area contributed by atoms with Gasteiger partial charge in [-0.15, -0.1) is 0 Å². The number of non-ortho nitro benzene ring substituents is 1. The molecule has 0 radical (unpaired) electrons. The van der Waals surface area contributed by atoms with Crippen molar-refractivity contribution in [2.75, 3.05) is 0 Å². The van der Waals surface area contributed by atoms with Gasteiger partial charge >= 0.3 is 0 Å². The van der Waals surface area contributed by atoms with E-state index in [9.17, 15) is 15.2 Å². The van der Waals surface area contributed by atoms with Crippen LogP contribution in [0.15, 0.2) is 54.6 Å². The Morgan fingerprint density at radius 2 is 1.70 bits per heavy atom. The second-order valence-electron chi connectivity index (χ2n) is 5.22. The molecule has 2 aromatic rings. The number of hydrogen-bond donors (Lipinski definition) is 1. The molecule has 0 aromatic heterocycles. The number of nitro benzene ring substituents is 1. The fraction of sp³-hybridized carbons (Fsp3) is 0. The SMILES string of the molecule is O=[N+]([O-])c1ccc(-c2cc3c([O-])c4ccccc4c-3n[nH]2)cc1. The highest BCUT2D eigenvalue weighted by Crippen LogP contribution is 2.41. The standard InChI is InChI=1S/C17H11N3O3/c21-17-13-4-2-1-3-12(13)16-14(17)9-15(18-19-16)10-5-7-11(8-6-10)20(22)23/h1-9,18,21H/p-1. The highest BCUT2D eigenvalue weighted by Gasteiger charge is 2.15. The zero-order chi connectivity index (χ0) is 16.0. The van der Waals surface area contributed by atoms with Crippen LogP contribution in [0.4, 0.5) is 5.69 Å². The molecule has 4 rings (SSSR count). The lowest BCUT2D eigenvalue weighted by atomic mass is 10.1. The Kier molecular flexibility index (Phi) is 2.77.